The Balaban J connectivity index is 1.64. The number of aromatic nitrogens is 5. The maximum Gasteiger partial charge on any atom is 0.138 e. The summed E-state index contributed by atoms with van der Waals surface area (Å²) in [7, 11) is 0. The van der Waals surface area contributed by atoms with Gasteiger partial charge < -0.3 is 5.32 Å². The molecule has 0 amide bonds. The number of rotatable bonds is 2. The summed E-state index contributed by atoms with van der Waals surface area (Å²) < 4.78 is 1.97. The highest BCUT2D eigenvalue weighted by atomic mass is 15.3. The molecule has 21 heavy (non-hydrogen) atoms. The zero-order chi connectivity index (χ0) is 14.2. The molecule has 0 spiro atoms. The minimum atomic E-state index is 0.317. The summed E-state index contributed by atoms with van der Waals surface area (Å²) in [4.78, 5) is 13.0. The lowest BCUT2D eigenvalue weighted by Crippen LogP contribution is -2.32. The first kappa shape index (κ1) is 12.3. The van der Waals surface area contributed by atoms with Gasteiger partial charge in [0.25, 0.3) is 0 Å². The van der Waals surface area contributed by atoms with Crippen molar-refractivity contribution in [3.8, 4) is 0 Å². The smallest absolute Gasteiger partial charge is 0.138 e. The molecule has 6 heteroatoms. The highest BCUT2D eigenvalue weighted by Crippen LogP contribution is 2.23. The minimum absolute atomic E-state index is 0.317. The zero-order valence-corrected chi connectivity index (χ0v) is 11.8. The summed E-state index contributed by atoms with van der Waals surface area (Å²) in [6.07, 6.45) is 5.22. The van der Waals surface area contributed by atoms with Crippen molar-refractivity contribution in [1.29, 1.82) is 0 Å². The van der Waals surface area contributed by atoms with Gasteiger partial charge >= 0.3 is 0 Å². The molecule has 6 nitrogen and oxygen atoms in total. The van der Waals surface area contributed by atoms with Crippen LogP contribution in [0.15, 0.2) is 30.9 Å². The molecule has 0 bridgehead atoms. The number of nitrogens with one attached hydrogen (secondary N) is 1. The number of hydrogen-bond acceptors (Lipinski definition) is 5. The molecule has 0 aliphatic carbocycles. The lowest BCUT2D eigenvalue weighted by atomic mass is 10.1. The monoisotopic (exact) mass is 280 g/mol. The van der Waals surface area contributed by atoms with Gasteiger partial charge in [-0.3, -0.25) is 0 Å². The van der Waals surface area contributed by atoms with Crippen LogP contribution in [0.25, 0.3) is 10.9 Å². The molecule has 0 radical (unpaired) electrons. The van der Waals surface area contributed by atoms with Gasteiger partial charge in [-0.2, -0.15) is 5.10 Å². The third kappa shape index (κ3) is 2.22. The number of hydrogen-bond donors (Lipinski definition) is 1. The van der Waals surface area contributed by atoms with Crippen LogP contribution in [0.1, 0.15) is 17.8 Å². The molecule has 4 rings (SSSR count). The molecule has 3 heterocycles. The second-order valence-electron chi connectivity index (χ2n) is 5.48. The maximum atomic E-state index is 4.42. The van der Waals surface area contributed by atoms with E-state index >= 15 is 0 Å². The van der Waals surface area contributed by atoms with Crippen LogP contribution in [0.4, 0.5) is 5.82 Å². The maximum absolute atomic E-state index is 4.42. The van der Waals surface area contributed by atoms with Gasteiger partial charge in [0.1, 0.15) is 24.3 Å². The summed E-state index contributed by atoms with van der Waals surface area (Å²) >= 11 is 0. The number of fused-ring (bicyclic) bond motifs is 2. The average molecular weight is 280 g/mol. The van der Waals surface area contributed by atoms with Crippen LogP contribution in [0, 0.1) is 6.92 Å². The highest BCUT2D eigenvalue weighted by Gasteiger charge is 2.20. The summed E-state index contributed by atoms with van der Waals surface area (Å²) in [5, 5.41) is 8.87. The predicted octanol–water partition coefficient (Wildman–Crippen LogP) is 1.96. The topological polar surface area (TPSA) is 68.5 Å². The molecule has 0 saturated carbocycles. The second kappa shape index (κ2) is 4.80. The van der Waals surface area contributed by atoms with Gasteiger partial charge in [-0.15, -0.1) is 0 Å². The van der Waals surface area contributed by atoms with Crippen molar-refractivity contribution in [2.75, 3.05) is 5.32 Å². The molecule has 0 saturated heterocycles. The van der Waals surface area contributed by atoms with Gasteiger partial charge in [0.05, 0.1) is 12.1 Å². The molecular formula is C15H16N6. The van der Waals surface area contributed by atoms with Crippen molar-refractivity contribution in [2.45, 2.75) is 32.4 Å². The van der Waals surface area contributed by atoms with Crippen molar-refractivity contribution >= 4 is 16.7 Å². The summed E-state index contributed by atoms with van der Waals surface area (Å²) in [6.45, 7) is 2.91. The summed E-state index contributed by atoms with van der Waals surface area (Å²) in [5.41, 5.74) is 2.18. The molecule has 1 N–H and O–H groups in total. The van der Waals surface area contributed by atoms with E-state index in [2.05, 4.69) is 44.4 Å². The molecule has 1 aliphatic heterocycles. The van der Waals surface area contributed by atoms with E-state index in [1.807, 2.05) is 10.7 Å². The fraction of sp³-hybridized carbons (Fsp3) is 0.333. The fourth-order valence-electron chi connectivity index (χ4n) is 2.83. The largest absolute Gasteiger partial charge is 0.365 e. The van der Waals surface area contributed by atoms with Crippen LogP contribution >= 0.6 is 0 Å². The summed E-state index contributed by atoms with van der Waals surface area (Å²) in [6, 6.07) is 6.55. The molecule has 1 aliphatic rings. The van der Waals surface area contributed by atoms with Crippen molar-refractivity contribution in [1.82, 2.24) is 24.7 Å². The van der Waals surface area contributed by atoms with Crippen molar-refractivity contribution in [3.05, 3.63) is 42.2 Å². The number of benzene rings is 1. The van der Waals surface area contributed by atoms with Crippen LogP contribution in [-0.4, -0.2) is 30.8 Å². The van der Waals surface area contributed by atoms with E-state index in [-0.39, 0.29) is 0 Å². The Labute approximate surface area is 122 Å². The number of nitrogens with zero attached hydrogens (tertiary/aromatic N) is 5. The molecule has 0 fully saturated rings. The standard InChI is InChI=1S/C15H16N6/c1-10-2-4-13-12(6-10)15(18-8-16-13)20-11-3-5-14-17-9-19-21(14)7-11/h2,4,6,8-9,11H,3,5,7H2,1H3,(H,16,18,20). The lowest BCUT2D eigenvalue weighted by Gasteiger charge is -2.24. The van der Waals surface area contributed by atoms with E-state index in [0.29, 0.717) is 6.04 Å². The Kier molecular flexibility index (Phi) is 2.80. The van der Waals surface area contributed by atoms with Gasteiger partial charge in [-0.05, 0) is 25.5 Å². The molecule has 2 aromatic heterocycles. The fourth-order valence-corrected chi connectivity index (χ4v) is 2.83. The van der Waals surface area contributed by atoms with E-state index < -0.39 is 0 Å². The number of anilines is 1. The molecule has 1 aromatic carbocycles. The van der Waals surface area contributed by atoms with Gasteiger partial charge in [0.15, 0.2) is 0 Å². The third-order valence-corrected chi connectivity index (χ3v) is 3.94. The van der Waals surface area contributed by atoms with Gasteiger partial charge in [-0.1, -0.05) is 11.6 Å². The Morgan fingerprint density at radius 3 is 3.10 bits per heavy atom. The molecule has 1 unspecified atom stereocenters. The van der Waals surface area contributed by atoms with E-state index in [1.54, 1.807) is 12.7 Å². The predicted molar refractivity (Wildman–Crippen MR) is 80.0 cm³/mol. The van der Waals surface area contributed by atoms with Crippen LogP contribution in [0.5, 0.6) is 0 Å². The normalized spacial score (nSPS) is 17.7. The Hall–Kier alpha value is -2.50. The van der Waals surface area contributed by atoms with Gasteiger partial charge in [0, 0.05) is 17.8 Å². The second-order valence-corrected chi connectivity index (χ2v) is 5.48. The van der Waals surface area contributed by atoms with Crippen LogP contribution in [0.2, 0.25) is 0 Å². The van der Waals surface area contributed by atoms with E-state index in [4.69, 9.17) is 0 Å². The Morgan fingerprint density at radius 2 is 2.14 bits per heavy atom. The van der Waals surface area contributed by atoms with Crippen LogP contribution < -0.4 is 5.32 Å². The first-order valence-electron chi connectivity index (χ1n) is 7.14. The number of aryl methyl sites for hydroxylation is 2. The van der Waals surface area contributed by atoms with E-state index in [1.165, 1.54) is 5.56 Å². The van der Waals surface area contributed by atoms with Gasteiger partial charge in [0.2, 0.25) is 0 Å². The Morgan fingerprint density at radius 1 is 1.19 bits per heavy atom. The van der Waals surface area contributed by atoms with Crippen LogP contribution in [0.3, 0.4) is 0 Å². The highest BCUT2D eigenvalue weighted by molar-refractivity contribution is 5.89. The quantitative estimate of drug-likeness (QED) is 0.777. The van der Waals surface area contributed by atoms with Crippen molar-refractivity contribution in [2.24, 2.45) is 0 Å². The van der Waals surface area contributed by atoms with E-state index in [0.717, 1.165) is 41.9 Å². The first-order valence-corrected chi connectivity index (χ1v) is 7.14. The summed E-state index contributed by atoms with van der Waals surface area (Å²) in [5.74, 6) is 1.97. The third-order valence-electron chi connectivity index (χ3n) is 3.94. The van der Waals surface area contributed by atoms with Gasteiger partial charge in [-0.25, -0.2) is 19.6 Å². The van der Waals surface area contributed by atoms with Crippen molar-refractivity contribution in [3.63, 3.8) is 0 Å². The van der Waals surface area contributed by atoms with Crippen LogP contribution in [-0.2, 0) is 13.0 Å². The zero-order valence-electron chi connectivity index (χ0n) is 11.8. The lowest BCUT2D eigenvalue weighted by molar-refractivity contribution is 0.441. The SMILES string of the molecule is Cc1ccc2ncnc(NC3CCc4ncnn4C3)c2c1. The molecular weight excluding hydrogens is 264 g/mol. The molecule has 106 valence electrons. The van der Waals surface area contributed by atoms with Crippen molar-refractivity contribution < 1.29 is 0 Å². The molecule has 1 atom stereocenters. The first-order chi connectivity index (χ1) is 10.3. The Bertz CT molecular complexity index is 794. The minimum Gasteiger partial charge on any atom is -0.365 e. The van der Waals surface area contributed by atoms with E-state index in [9.17, 15) is 0 Å². The molecule has 3 aromatic rings. The average Bonchev–Trinajstić information content (AvgIpc) is 2.95.